The van der Waals surface area contributed by atoms with Crippen molar-refractivity contribution in [1.29, 1.82) is 0 Å². The molecule has 1 heterocycles. The lowest BCUT2D eigenvalue weighted by molar-refractivity contribution is -0.121. The van der Waals surface area contributed by atoms with Crippen LogP contribution in [0.2, 0.25) is 0 Å². The fourth-order valence-corrected chi connectivity index (χ4v) is 3.09. The van der Waals surface area contributed by atoms with Gasteiger partial charge in [0.15, 0.2) is 0 Å². The van der Waals surface area contributed by atoms with Gasteiger partial charge in [-0.3, -0.25) is 4.79 Å². The monoisotopic (exact) mass is 266 g/mol. The molecule has 1 saturated carbocycles. The van der Waals surface area contributed by atoms with E-state index < -0.39 is 0 Å². The van der Waals surface area contributed by atoms with Crippen molar-refractivity contribution in [2.75, 3.05) is 6.54 Å². The quantitative estimate of drug-likeness (QED) is 0.805. The lowest BCUT2D eigenvalue weighted by atomic mass is 10.1. The standard InChI is InChI=1S/C14H22N2OS/c17-14(11-15-10-13-8-5-9-18-13)16-12-6-3-1-2-4-7-12/h5,8-9,12,15H,1-4,6-7,10-11H2,(H,16,17). The highest BCUT2D eigenvalue weighted by molar-refractivity contribution is 7.09. The summed E-state index contributed by atoms with van der Waals surface area (Å²) in [7, 11) is 0. The molecule has 0 spiro atoms. The van der Waals surface area contributed by atoms with Crippen LogP contribution in [0.15, 0.2) is 17.5 Å². The molecule has 2 N–H and O–H groups in total. The van der Waals surface area contributed by atoms with Crippen LogP contribution < -0.4 is 10.6 Å². The van der Waals surface area contributed by atoms with E-state index >= 15 is 0 Å². The van der Waals surface area contributed by atoms with E-state index in [1.165, 1.54) is 30.6 Å². The van der Waals surface area contributed by atoms with Crippen LogP contribution >= 0.6 is 11.3 Å². The van der Waals surface area contributed by atoms with E-state index in [4.69, 9.17) is 0 Å². The molecule has 3 nitrogen and oxygen atoms in total. The lowest BCUT2D eigenvalue weighted by Crippen LogP contribution is -2.40. The number of amides is 1. The van der Waals surface area contributed by atoms with Gasteiger partial charge in [-0.25, -0.2) is 0 Å². The van der Waals surface area contributed by atoms with Gasteiger partial charge in [0.1, 0.15) is 0 Å². The maximum absolute atomic E-state index is 11.8. The van der Waals surface area contributed by atoms with Gasteiger partial charge in [-0.05, 0) is 24.3 Å². The topological polar surface area (TPSA) is 41.1 Å². The van der Waals surface area contributed by atoms with E-state index in [0.717, 1.165) is 19.4 Å². The summed E-state index contributed by atoms with van der Waals surface area (Å²) < 4.78 is 0. The Balaban J connectivity index is 1.62. The van der Waals surface area contributed by atoms with Gasteiger partial charge in [-0.15, -0.1) is 11.3 Å². The SMILES string of the molecule is O=C(CNCc1cccs1)NC1CCCCCC1. The van der Waals surface area contributed by atoms with Crippen LogP contribution in [0.5, 0.6) is 0 Å². The first-order valence-corrected chi connectivity index (χ1v) is 7.75. The number of carbonyl (C=O) groups is 1. The highest BCUT2D eigenvalue weighted by Gasteiger charge is 2.14. The van der Waals surface area contributed by atoms with Crippen molar-refractivity contribution in [2.24, 2.45) is 0 Å². The highest BCUT2D eigenvalue weighted by atomic mass is 32.1. The maximum atomic E-state index is 11.8. The van der Waals surface area contributed by atoms with Gasteiger partial charge in [0.05, 0.1) is 6.54 Å². The fraction of sp³-hybridized carbons (Fsp3) is 0.643. The average molecular weight is 266 g/mol. The second kappa shape index (κ2) is 7.54. The summed E-state index contributed by atoms with van der Waals surface area (Å²) in [6.07, 6.45) is 7.46. The Morgan fingerprint density at radius 3 is 2.72 bits per heavy atom. The van der Waals surface area contributed by atoms with Crippen molar-refractivity contribution in [1.82, 2.24) is 10.6 Å². The molecule has 1 aromatic rings. The molecule has 0 bridgehead atoms. The zero-order chi connectivity index (χ0) is 12.6. The molecule has 0 saturated heterocycles. The highest BCUT2D eigenvalue weighted by Crippen LogP contribution is 2.16. The van der Waals surface area contributed by atoms with Crippen LogP contribution in [0.25, 0.3) is 0 Å². The van der Waals surface area contributed by atoms with E-state index in [9.17, 15) is 4.79 Å². The van der Waals surface area contributed by atoms with Crippen molar-refractivity contribution in [3.63, 3.8) is 0 Å². The second-order valence-electron chi connectivity index (χ2n) is 4.94. The van der Waals surface area contributed by atoms with Crippen LogP contribution in [0, 0.1) is 0 Å². The minimum Gasteiger partial charge on any atom is -0.352 e. The predicted octanol–water partition coefficient (Wildman–Crippen LogP) is 2.68. The first-order chi connectivity index (χ1) is 8.84. The van der Waals surface area contributed by atoms with E-state index in [1.54, 1.807) is 11.3 Å². The molecule has 1 aliphatic carbocycles. The Bertz CT molecular complexity index is 343. The molecule has 0 atom stereocenters. The smallest absolute Gasteiger partial charge is 0.234 e. The van der Waals surface area contributed by atoms with E-state index in [1.807, 2.05) is 6.07 Å². The van der Waals surface area contributed by atoms with Crippen LogP contribution in [0.3, 0.4) is 0 Å². The molecule has 0 radical (unpaired) electrons. The van der Waals surface area contributed by atoms with Gasteiger partial charge in [-0.2, -0.15) is 0 Å². The first kappa shape index (κ1) is 13.6. The van der Waals surface area contributed by atoms with E-state index in [-0.39, 0.29) is 5.91 Å². The molecule has 1 fully saturated rings. The Labute approximate surface area is 113 Å². The number of rotatable bonds is 5. The number of carbonyl (C=O) groups excluding carboxylic acids is 1. The van der Waals surface area contributed by atoms with Crippen molar-refractivity contribution in [2.45, 2.75) is 51.1 Å². The minimum absolute atomic E-state index is 0.137. The normalized spacial score (nSPS) is 17.3. The van der Waals surface area contributed by atoms with Crippen LogP contribution in [-0.2, 0) is 11.3 Å². The van der Waals surface area contributed by atoms with Crippen molar-refractivity contribution < 1.29 is 4.79 Å². The zero-order valence-corrected chi connectivity index (χ0v) is 11.6. The molecule has 1 amide bonds. The number of nitrogens with one attached hydrogen (secondary N) is 2. The summed E-state index contributed by atoms with van der Waals surface area (Å²) in [5.41, 5.74) is 0. The van der Waals surface area contributed by atoms with Crippen molar-refractivity contribution in [3.8, 4) is 0 Å². The van der Waals surface area contributed by atoms with E-state index in [0.29, 0.717) is 12.6 Å². The Hall–Kier alpha value is -0.870. The van der Waals surface area contributed by atoms with Gasteiger partial charge < -0.3 is 10.6 Å². The minimum atomic E-state index is 0.137. The van der Waals surface area contributed by atoms with Gasteiger partial charge in [-0.1, -0.05) is 31.7 Å². The number of hydrogen-bond donors (Lipinski definition) is 2. The largest absolute Gasteiger partial charge is 0.352 e. The lowest BCUT2D eigenvalue weighted by Gasteiger charge is -2.16. The molecular formula is C14H22N2OS. The molecule has 100 valence electrons. The molecule has 0 aromatic carbocycles. The molecule has 18 heavy (non-hydrogen) atoms. The molecule has 1 aliphatic rings. The molecule has 0 aliphatic heterocycles. The third kappa shape index (κ3) is 4.78. The summed E-state index contributed by atoms with van der Waals surface area (Å²) >= 11 is 1.72. The Kier molecular flexibility index (Phi) is 5.68. The number of thiophene rings is 1. The summed E-state index contributed by atoms with van der Waals surface area (Å²) in [5.74, 6) is 0.137. The molecule has 1 aromatic heterocycles. The third-order valence-corrected chi connectivity index (χ3v) is 4.26. The van der Waals surface area contributed by atoms with Crippen LogP contribution in [-0.4, -0.2) is 18.5 Å². The molecule has 4 heteroatoms. The zero-order valence-electron chi connectivity index (χ0n) is 10.8. The molecule has 0 unspecified atom stereocenters. The fourth-order valence-electron chi connectivity index (χ4n) is 2.41. The van der Waals surface area contributed by atoms with Crippen molar-refractivity contribution in [3.05, 3.63) is 22.4 Å². The molecule has 2 rings (SSSR count). The number of hydrogen-bond acceptors (Lipinski definition) is 3. The van der Waals surface area contributed by atoms with E-state index in [2.05, 4.69) is 22.1 Å². The van der Waals surface area contributed by atoms with Crippen molar-refractivity contribution >= 4 is 17.2 Å². The first-order valence-electron chi connectivity index (χ1n) is 6.87. The summed E-state index contributed by atoms with van der Waals surface area (Å²) in [6, 6.07) is 4.53. The average Bonchev–Trinajstić information content (AvgIpc) is 2.74. The van der Waals surface area contributed by atoms with Crippen LogP contribution in [0.1, 0.15) is 43.4 Å². The molecular weight excluding hydrogens is 244 g/mol. The maximum Gasteiger partial charge on any atom is 0.234 e. The van der Waals surface area contributed by atoms with Gasteiger partial charge in [0.25, 0.3) is 0 Å². The Morgan fingerprint density at radius 2 is 2.06 bits per heavy atom. The van der Waals surface area contributed by atoms with Gasteiger partial charge >= 0.3 is 0 Å². The summed E-state index contributed by atoms with van der Waals surface area (Å²) in [5, 5.41) is 8.39. The third-order valence-electron chi connectivity index (χ3n) is 3.39. The van der Waals surface area contributed by atoms with Gasteiger partial charge in [0, 0.05) is 17.5 Å². The van der Waals surface area contributed by atoms with Gasteiger partial charge in [0.2, 0.25) is 5.91 Å². The Morgan fingerprint density at radius 1 is 1.28 bits per heavy atom. The second-order valence-corrected chi connectivity index (χ2v) is 5.97. The summed E-state index contributed by atoms with van der Waals surface area (Å²) in [6.45, 7) is 1.21. The predicted molar refractivity (Wildman–Crippen MR) is 75.7 cm³/mol. The van der Waals surface area contributed by atoms with Crippen LogP contribution in [0.4, 0.5) is 0 Å². The summed E-state index contributed by atoms with van der Waals surface area (Å²) in [4.78, 5) is 13.1.